The minimum Gasteiger partial charge on any atom is -0.325 e. The van der Waals surface area contributed by atoms with Crippen molar-refractivity contribution in [3.05, 3.63) is 0 Å². The van der Waals surface area contributed by atoms with E-state index in [1.165, 1.54) is 19.3 Å². The first-order valence-electron chi connectivity index (χ1n) is 6.31. The lowest BCUT2D eigenvalue weighted by molar-refractivity contribution is -0.0559. The summed E-state index contributed by atoms with van der Waals surface area (Å²) in [7, 11) is 0. The van der Waals surface area contributed by atoms with Gasteiger partial charge in [-0.2, -0.15) is 0 Å². The molecule has 0 aromatic carbocycles. The van der Waals surface area contributed by atoms with Gasteiger partial charge < -0.3 is 5.73 Å². The fourth-order valence-corrected chi connectivity index (χ4v) is 4.69. The zero-order valence-corrected chi connectivity index (χ0v) is 10.1. The van der Waals surface area contributed by atoms with Gasteiger partial charge in [-0.3, -0.25) is 0 Å². The number of rotatable bonds is 2. The maximum Gasteiger partial charge on any atom is 0.0217 e. The van der Waals surface area contributed by atoms with Crippen LogP contribution in [0.1, 0.15) is 47.0 Å². The average molecular weight is 195 g/mol. The topological polar surface area (TPSA) is 26.0 Å². The molecule has 82 valence electrons. The second-order valence-corrected chi connectivity index (χ2v) is 5.94. The van der Waals surface area contributed by atoms with Crippen molar-refractivity contribution in [2.45, 2.75) is 52.5 Å². The van der Waals surface area contributed by atoms with Crippen LogP contribution in [0.2, 0.25) is 0 Å². The molecular weight excluding hydrogens is 170 g/mol. The molecule has 0 aromatic heterocycles. The zero-order chi connectivity index (χ0) is 10.5. The summed E-state index contributed by atoms with van der Waals surface area (Å²) < 4.78 is 0. The number of hydrogen-bond donors (Lipinski definition) is 1. The van der Waals surface area contributed by atoms with Crippen LogP contribution in [0.3, 0.4) is 0 Å². The summed E-state index contributed by atoms with van der Waals surface area (Å²) in [6.45, 7) is 9.47. The van der Waals surface area contributed by atoms with Gasteiger partial charge >= 0.3 is 0 Å². The molecule has 6 atom stereocenters. The van der Waals surface area contributed by atoms with Gasteiger partial charge in [0, 0.05) is 5.54 Å². The zero-order valence-electron chi connectivity index (χ0n) is 10.1. The fraction of sp³-hybridized carbons (Fsp3) is 1.00. The van der Waals surface area contributed by atoms with Crippen LogP contribution in [0, 0.1) is 29.6 Å². The Balaban J connectivity index is 2.17. The molecule has 0 radical (unpaired) electrons. The second kappa shape index (κ2) is 3.23. The summed E-state index contributed by atoms with van der Waals surface area (Å²) in [5.74, 6) is 4.29. The van der Waals surface area contributed by atoms with Crippen molar-refractivity contribution in [1.29, 1.82) is 0 Å². The largest absolute Gasteiger partial charge is 0.325 e. The Labute approximate surface area is 88.4 Å². The van der Waals surface area contributed by atoms with Gasteiger partial charge in [-0.25, -0.2) is 0 Å². The van der Waals surface area contributed by atoms with E-state index in [2.05, 4.69) is 27.7 Å². The molecule has 1 nitrogen and oxygen atoms in total. The predicted molar refractivity (Wildman–Crippen MR) is 60.9 cm³/mol. The first-order valence-corrected chi connectivity index (χ1v) is 6.31. The Morgan fingerprint density at radius 1 is 1.21 bits per heavy atom. The molecular formula is C13H25N. The molecule has 2 saturated carbocycles. The number of hydrogen-bond acceptors (Lipinski definition) is 1. The fourth-order valence-electron chi connectivity index (χ4n) is 4.69. The molecule has 2 aliphatic carbocycles. The summed E-state index contributed by atoms with van der Waals surface area (Å²) in [6, 6.07) is 0. The second-order valence-electron chi connectivity index (χ2n) is 5.94. The maximum absolute atomic E-state index is 6.59. The van der Waals surface area contributed by atoms with E-state index in [1.54, 1.807) is 0 Å². The predicted octanol–water partition coefficient (Wildman–Crippen LogP) is 3.04. The van der Waals surface area contributed by atoms with Gasteiger partial charge in [-0.1, -0.05) is 34.1 Å². The molecule has 0 spiro atoms. The molecule has 0 aliphatic heterocycles. The number of fused-ring (bicyclic) bond motifs is 1. The monoisotopic (exact) mass is 195 g/mol. The van der Waals surface area contributed by atoms with Crippen LogP contribution >= 0.6 is 0 Å². The average Bonchev–Trinajstić information content (AvgIpc) is 2.39. The molecule has 6 unspecified atom stereocenters. The van der Waals surface area contributed by atoms with Crippen LogP contribution in [0.4, 0.5) is 0 Å². The highest BCUT2D eigenvalue weighted by atomic mass is 14.9. The molecule has 14 heavy (non-hydrogen) atoms. The molecule has 2 rings (SSSR count). The van der Waals surface area contributed by atoms with Crippen LogP contribution < -0.4 is 5.73 Å². The van der Waals surface area contributed by atoms with E-state index >= 15 is 0 Å². The van der Waals surface area contributed by atoms with Crippen molar-refractivity contribution in [2.75, 3.05) is 0 Å². The van der Waals surface area contributed by atoms with E-state index in [1.807, 2.05) is 0 Å². The lowest BCUT2D eigenvalue weighted by atomic mass is 9.49. The van der Waals surface area contributed by atoms with Crippen molar-refractivity contribution >= 4 is 0 Å². The van der Waals surface area contributed by atoms with Gasteiger partial charge in [0.15, 0.2) is 0 Å². The molecule has 0 amide bonds. The van der Waals surface area contributed by atoms with Gasteiger partial charge in [-0.05, 0) is 42.4 Å². The molecule has 0 saturated heterocycles. The van der Waals surface area contributed by atoms with Crippen LogP contribution in [-0.4, -0.2) is 5.54 Å². The van der Waals surface area contributed by atoms with Crippen LogP contribution in [-0.2, 0) is 0 Å². The van der Waals surface area contributed by atoms with E-state index < -0.39 is 0 Å². The minimum atomic E-state index is 0.184. The van der Waals surface area contributed by atoms with Gasteiger partial charge in [0.2, 0.25) is 0 Å². The van der Waals surface area contributed by atoms with E-state index in [0.717, 1.165) is 29.6 Å². The van der Waals surface area contributed by atoms with E-state index in [0.29, 0.717) is 0 Å². The minimum absolute atomic E-state index is 0.184. The first kappa shape index (κ1) is 10.5. The highest BCUT2D eigenvalue weighted by Gasteiger charge is 2.62. The Kier molecular flexibility index (Phi) is 2.42. The van der Waals surface area contributed by atoms with Crippen molar-refractivity contribution in [2.24, 2.45) is 35.3 Å². The van der Waals surface area contributed by atoms with Crippen molar-refractivity contribution in [3.63, 3.8) is 0 Å². The quantitative estimate of drug-likeness (QED) is 0.720. The lowest BCUT2D eigenvalue weighted by Crippen LogP contribution is -2.67. The Morgan fingerprint density at radius 2 is 1.86 bits per heavy atom. The van der Waals surface area contributed by atoms with Gasteiger partial charge in [0.05, 0.1) is 0 Å². The molecule has 0 bridgehead atoms. The molecule has 0 aromatic rings. The highest BCUT2D eigenvalue weighted by molar-refractivity contribution is 5.15. The standard InChI is InChI=1S/C13H25N/c1-5-6-13(14)10(4)11-8(2)7-9(3)12(11)13/h8-12H,5-7,14H2,1-4H3. The highest BCUT2D eigenvalue weighted by Crippen LogP contribution is 2.62. The first-order chi connectivity index (χ1) is 6.52. The van der Waals surface area contributed by atoms with Crippen LogP contribution in [0.15, 0.2) is 0 Å². The maximum atomic E-state index is 6.59. The van der Waals surface area contributed by atoms with E-state index in [4.69, 9.17) is 5.73 Å². The van der Waals surface area contributed by atoms with E-state index in [9.17, 15) is 0 Å². The van der Waals surface area contributed by atoms with Crippen molar-refractivity contribution < 1.29 is 0 Å². The molecule has 0 heterocycles. The Morgan fingerprint density at radius 3 is 2.43 bits per heavy atom. The summed E-state index contributed by atoms with van der Waals surface area (Å²) in [5, 5.41) is 0. The summed E-state index contributed by atoms with van der Waals surface area (Å²) >= 11 is 0. The third-order valence-electron chi connectivity index (χ3n) is 5.16. The molecule has 2 fully saturated rings. The van der Waals surface area contributed by atoms with Gasteiger partial charge in [-0.15, -0.1) is 0 Å². The van der Waals surface area contributed by atoms with Crippen LogP contribution in [0.25, 0.3) is 0 Å². The summed E-state index contributed by atoms with van der Waals surface area (Å²) in [6.07, 6.45) is 3.87. The Hall–Kier alpha value is -0.0400. The molecule has 2 N–H and O–H groups in total. The van der Waals surface area contributed by atoms with Crippen molar-refractivity contribution in [3.8, 4) is 0 Å². The third kappa shape index (κ3) is 1.11. The normalized spacial score (nSPS) is 56.8. The molecule has 2 aliphatic rings. The number of nitrogens with two attached hydrogens (primary N) is 1. The SMILES string of the molecule is CCCC1(N)C(C)C2C(C)CC(C)C21. The Bertz CT molecular complexity index is 225. The summed E-state index contributed by atoms with van der Waals surface area (Å²) in [4.78, 5) is 0. The lowest BCUT2D eigenvalue weighted by Gasteiger charge is -2.59. The molecule has 1 heteroatoms. The summed E-state index contributed by atoms with van der Waals surface area (Å²) in [5.41, 5.74) is 6.78. The third-order valence-corrected chi connectivity index (χ3v) is 5.16. The van der Waals surface area contributed by atoms with Gasteiger partial charge in [0.25, 0.3) is 0 Å². The van der Waals surface area contributed by atoms with Crippen LogP contribution in [0.5, 0.6) is 0 Å². The van der Waals surface area contributed by atoms with Gasteiger partial charge in [0.1, 0.15) is 0 Å². The van der Waals surface area contributed by atoms with Crippen molar-refractivity contribution in [1.82, 2.24) is 0 Å². The van der Waals surface area contributed by atoms with E-state index in [-0.39, 0.29) is 5.54 Å². The smallest absolute Gasteiger partial charge is 0.0217 e.